The molecule has 0 spiro atoms. The molecule has 27 heavy (non-hydrogen) atoms. The third-order valence-electron chi connectivity index (χ3n) is 4.41. The Morgan fingerprint density at radius 3 is 2.59 bits per heavy atom. The summed E-state index contributed by atoms with van der Waals surface area (Å²) in [6.07, 6.45) is 5.00. The average molecular weight is 477 g/mol. The molecular weight excluding hydrogens is 449 g/mol. The van der Waals surface area contributed by atoms with Gasteiger partial charge in [0, 0.05) is 31.9 Å². The van der Waals surface area contributed by atoms with E-state index in [1.54, 1.807) is 0 Å². The predicted octanol–water partition coefficient (Wildman–Crippen LogP) is 3.87. The van der Waals surface area contributed by atoms with Gasteiger partial charge in [-0.2, -0.15) is 0 Å². The Labute approximate surface area is 178 Å². The van der Waals surface area contributed by atoms with Gasteiger partial charge in [-0.15, -0.1) is 24.0 Å². The summed E-state index contributed by atoms with van der Waals surface area (Å²) in [5, 5.41) is 6.72. The molecule has 2 N–H and O–H groups in total. The first kappa shape index (κ1) is 21.2. The lowest BCUT2D eigenvalue weighted by molar-refractivity contribution is 0.791. The maximum Gasteiger partial charge on any atom is 0.191 e. The van der Waals surface area contributed by atoms with Crippen LogP contribution in [0.3, 0.4) is 0 Å². The van der Waals surface area contributed by atoms with E-state index in [4.69, 9.17) is 9.98 Å². The zero-order valence-electron chi connectivity index (χ0n) is 16.2. The molecule has 0 atom stereocenters. The van der Waals surface area contributed by atoms with Gasteiger partial charge < -0.3 is 15.0 Å². The van der Waals surface area contributed by atoms with Gasteiger partial charge in [-0.05, 0) is 43.5 Å². The summed E-state index contributed by atoms with van der Waals surface area (Å²) in [5.41, 5.74) is 5.83. The third-order valence-corrected chi connectivity index (χ3v) is 4.41. The molecular formula is C21H28IN5. The molecule has 3 rings (SSSR count). The Bertz CT molecular complexity index is 900. The Morgan fingerprint density at radius 2 is 1.85 bits per heavy atom. The van der Waals surface area contributed by atoms with Crippen LogP contribution >= 0.6 is 24.0 Å². The summed E-state index contributed by atoms with van der Waals surface area (Å²) in [5.74, 6) is 0.843. The standard InChI is InChI=1S/C21H27N5.HI/c1-4-22-21(24-14-18-10-6-5-8-16(18)2)23-12-11-19-15-26-13-7-9-17(3)20(26)25-19;/h5-10,13,15H,4,11-12,14H2,1-3H3,(H2,22,23,24);1H. The van der Waals surface area contributed by atoms with Crippen molar-refractivity contribution >= 4 is 35.6 Å². The number of nitrogens with one attached hydrogen (secondary N) is 2. The highest BCUT2D eigenvalue weighted by Gasteiger charge is 2.04. The minimum absolute atomic E-state index is 0. The quantitative estimate of drug-likeness (QED) is 0.322. The molecule has 0 unspecified atom stereocenters. The number of hydrogen-bond donors (Lipinski definition) is 2. The number of guanidine groups is 1. The normalized spacial score (nSPS) is 11.3. The lowest BCUT2D eigenvalue weighted by Crippen LogP contribution is -2.38. The van der Waals surface area contributed by atoms with Crippen molar-refractivity contribution in [1.82, 2.24) is 20.0 Å². The van der Waals surface area contributed by atoms with Crippen LogP contribution in [0.25, 0.3) is 5.65 Å². The van der Waals surface area contributed by atoms with E-state index in [0.717, 1.165) is 36.8 Å². The van der Waals surface area contributed by atoms with Crippen molar-refractivity contribution in [3.8, 4) is 0 Å². The number of fused-ring (bicyclic) bond motifs is 1. The first-order valence-corrected chi connectivity index (χ1v) is 9.17. The molecule has 3 aromatic rings. The van der Waals surface area contributed by atoms with Gasteiger partial charge in [-0.1, -0.05) is 30.3 Å². The number of hydrogen-bond acceptors (Lipinski definition) is 2. The van der Waals surface area contributed by atoms with Crippen molar-refractivity contribution in [3.63, 3.8) is 0 Å². The number of halogens is 1. The monoisotopic (exact) mass is 477 g/mol. The summed E-state index contributed by atoms with van der Waals surface area (Å²) in [6, 6.07) is 12.5. The highest BCUT2D eigenvalue weighted by Crippen LogP contribution is 2.10. The molecule has 0 aliphatic rings. The number of pyridine rings is 1. The van der Waals surface area contributed by atoms with E-state index < -0.39 is 0 Å². The SMILES string of the molecule is CCNC(=NCc1ccccc1C)NCCc1cn2cccc(C)c2n1.I. The van der Waals surface area contributed by atoms with Crippen molar-refractivity contribution in [2.45, 2.75) is 33.7 Å². The van der Waals surface area contributed by atoms with Gasteiger partial charge in [0.2, 0.25) is 0 Å². The fourth-order valence-corrected chi connectivity index (χ4v) is 2.93. The van der Waals surface area contributed by atoms with Crippen LogP contribution < -0.4 is 10.6 Å². The van der Waals surface area contributed by atoms with Gasteiger partial charge in [0.1, 0.15) is 5.65 Å². The summed E-state index contributed by atoms with van der Waals surface area (Å²) in [6.45, 7) is 8.60. The molecule has 0 bridgehead atoms. The zero-order valence-corrected chi connectivity index (χ0v) is 18.5. The summed E-state index contributed by atoms with van der Waals surface area (Å²) >= 11 is 0. The first-order chi connectivity index (χ1) is 12.7. The molecule has 1 aromatic carbocycles. The van der Waals surface area contributed by atoms with Gasteiger partial charge in [-0.3, -0.25) is 0 Å². The number of benzene rings is 1. The fraction of sp³-hybridized carbons (Fsp3) is 0.333. The number of imidazole rings is 1. The molecule has 2 heterocycles. The van der Waals surface area contributed by atoms with E-state index in [0.29, 0.717) is 6.54 Å². The second-order valence-electron chi connectivity index (χ2n) is 6.45. The molecule has 0 saturated heterocycles. The van der Waals surface area contributed by atoms with Gasteiger partial charge in [-0.25, -0.2) is 9.98 Å². The van der Waals surface area contributed by atoms with E-state index in [2.05, 4.69) is 72.3 Å². The highest BCUT2D eigenvalue weighted by molar-refractivity contribution is 14.0. The molecule has 2 aromatic heterocycles. The smallest absolute Gasteiger partial charge is 0.191 e. The van der Waals surface area contributed by atoms with Crippen LogP contribution in [0.15, 0.2) is 53.8 Å². The van der Waals surface area contributed by atoms with Crippen molar-refractivity contribution in [2.24, 2.45) is 4.99 Å². The molecule has 0 radical (unpaired) electrons. The molecule has 0 aliphatic carbocycles. The largest absolute Gasteiger partial charge is 0.357 e. The molecule has 6 heteroatoms. The molecule has 0 amide bonds. The van der Waals surface area contributed by atoms with E-state index in [-0.39, 0.29) is 24.0 Å². The highest BCUT2D eigenvalue weighted by atomic mass is 127. The van der Waals surface area contributed by atoms with E-state index in [1.807, 2.05) is 12.3 Å². The fourth-order valence-electron chi connectivity index (χ4n) is 2.93. The number of aryl methyl sites for hydroxylation is 2. The molecule has 0 fully saturated rings. The number of rotatable bonds is 6. The Hall–Kier alpha value is -2.09. The van der Waals surface area contributed by atoms with Crippen LogP contribution in [0.1, 0.15) is 29.3 Å². The number of nitrogens with zero attached hydrogens (tertiary/aromatic N) is 3. The van der Waals surface area contributed by atoms with Crippen LogP contribution in [-0.4, -0.2) is 28.4 Å². The summed E-state index contributed by atoms with van der Waals surface area (Å²) in [4.78, 5) is 9.42. The minimum atomic E-state index is 0. The van der Waals surface area contributed by atoms with Crippen LogP contribution in [0.2, 0.25) is 0 Å². The van der Waals surface area contributed by atoms with Crippen molar-refractivity contribution in [3.05, 3.63) is 71.2 Å². The Balaban J connectivity index is 0.00000261. The number of aromatic nitrogens is 2. The topological polar surface area (TPSA) is 53.7 Å². The van der Waals surface area contributed by atoms with Crippen LogP contribution in [-0.2, 0) is 13.0 Å². The third kappa shape index (κ3) is 5.69. The zero-order chi connectivity index (χ0) is 18.4. The van der Waals surface area contributed by atoms with Crippen LogP contribution in [0, 0.1) is 13.8 Å². The maximum atomic E-state index is 4.72. The predicted molar refractivity (Wildman–Crippen MR) is 123 cm³/mol. The second-order valence-corrected chi connectivity index (χ2v) is 6.45. The second kappa shape index (κ2) is 10.3. The molecule has 0 saturated carbocycles. The van der Waals surface area contributed by atoms with E-state index in [9.17, 15) is 0 Å². The molecule has 144 valence electrons. The summed E-state index contributed by atoms with van der Waals surface area (Å²) < 4.78 is 2.09. The maximum absolute atomic E-state index is 4.72. The van der Waals surface area contributed by atoms with Gasteiger partial charge in [0.15, 0.2) is 5.96 Å². The molecule has 5 nitrogen and oxygen atoms in total. The minimum Gasteiger partial charge on any atom is -0.357 e. The van der Waals surface area contributed by atoms with E-state index >= 15 is 0 Å². The van der Waals surface area contributed by atoms with Crippen molar-refractivity contribution in [2.75, 3.05) is 13.1 Å². The lowest BCUT2D eigenvalue weighted by Gasteiger charge is -2.11. The van der Waals surface area contributed by atoms with Crippen LogP contribution in [0.5, 0.6) is 0 Å². The van der Waals surface area contributed by atoms with Crippen molar-refractivity contribution in [1.29, 1.82) is 0 Å². The van der Waals surface area contributed by atoms with Crippen molar-refractivity contribution < 1.29 is 0 Å². The number of aliphatic imine (C=N–C) groups is 1. The Morgan fingerprint density at radius 1 is 1.07 bits per heavy atom. The summed E-state index contributed by atoms with van der Waals surface area (Å²) in [7, 11) is 0. The van der Waals surface area contributed by atoms with Gasteiger partial charge in [0.25, 0.3) is 0 Å². The lowest BCUT2D eigenvalue weighted by atomic mass is 10.1. The van der Waals surface area contributed by atoms with Crippen LogP contribution in [0.4, 0.5) is 0 Å². The van der Waals surface area contributed by atoms with E-state index in [1.165, 1.54) is 16.7 Å². The molecule has 0 aliphatic heterocycles. The van der Waals surface area contributed by atoms with Gasteiger partial charge in [0.05, 0.1) is 12.2 Å². The Kier molecular flexibility index (Phi) is 8.09. The average Bonchev–Trinajstić information content (AvgIpc) is 3.05. The first-order valence-electron chi connectivity index (χ1n) is 9.17. The van der Waals surface area contributed by atoms with Gasteiger partial charge >= 0.3 is 0 Å².